The van der Waals surface area contributed by atoms with Gasteiger partial charge in [0.1, 0.15) is 5.82 Å². The van der Waals surface area contributed by atoms with Crippen LogP contribution in [0.1, 0.15) is 43.5 Å². The number of carbonyl (C=O) groups is 2. The molecule has 0 bridgehead atoms. The van der Waals surface area contributed by atoms with E-state index in [0.717, 1.165) is 6.42 Å². The lowest BCUT2D eigenvalue weighted by Crippen LogP contribution is -2.52. The molecule has 1 aromatic rings. The number of nitrogens with zero attached hydrogens (tertiary/aromatic N) is 1. The first-order valence-corrected chi connectivity index (χ1v) is 8.53. The Morgan fingerprint density at radius 1 is 1.32 bits per heavy atom. The number of rotatable bonds is 5. The van der Waals surface area contributed by atoms with Crippen LogP contribution in [0, 0.1) is 11.7 Å². The minimum Gasteiger partial charge on any atom is -0.352 e. The average molecular weight is 372 g/mol. The van der Waals surface area contributed by atoms with Gasteiger partial charge in [-0.05, 0) is 30.9 Å². The molecule has 0 spiro atoms. The molecular weight excluding hydrogens is 345 g/mol. The number of benzene rings is 1. The molecule has 2 atom stereocenters. The molecule has 1 aliphatic heterocycles. The van der Waals surface area contributed by atoms with Gasteiger partial charge < -0.3 is 16.0 Å². The molecule has 1 aliphatic rings. The summed E-state index contributed by atoms with van der Waals surface area (Å²) in [5.74, 6) is -0.803. The normalized spacial score (nSPS) is 17.4. The number of nitrogens with one attached hydrogen (secondary N) is 1. The summed E-state index contributed by atoms with van der Waals surface area (Å²) in [6.07, 6.45) is 2.16. The quantitative estimate of drug-likeness (QED) is 0.834. The standard InChI is InChI=1S/C18H26FN3O2.ClH/c1-3-12(2)16(20)17(23)21-13-8-10-22(11-9-13)18(24)14-6-4-5-7-15(14)19;/h4-7,12-13,16H,3,8-11,20H2,1-2H3,(H,21,23);1H. The van der Waals surface area contributed by atoms with E-state index in [4.69, 9.17) is 5.73 Å². The summed E-state index contributed by atoms with van der Waals surface area (Å²) in [6.45, 7) is 4.96. The van der Waals surface area contributed by atoms with Crippen LogP contribution < -0.4 is 11.1 Å². The van der Waals surface area contributed by atoms with Gasteiger partial charge in [0.05, 0.1) is 11.6 Å². The lowest BCUT2D eigenvalue weighted by molar-refractivity contribution is -0.124. The molecule has 0 saturated carbocycles. The first-order chi connectivity index (χ1) is 11.4. The molecular formula is C18H27ClFN3O2. The van der Waals surface area contributed by atoms with Crippen LogP contribution in [0.3, 0.4) is 0 Å². The predicted molar refractivity (Wildman–Crippen MR) is 98.1 cm³/mol. The monoisotopic (exact) mass is 371 g/mol. The second-order valence-corrected chi connectivity index (χ2v) is 6.47. The zero-order valence-corrected chi connectivity index (χ0v) is 15.5. The summed E-state index contributed by atoms with van der Waals surface area (Å²) in [7, 11) is 0. The highest BCUT2D eigenvalue weighted by atomic mass is 35.5. The SMILES string of the molecule is CCC(C)C(N)C(=O)NC1CCN(C(=O)c2ccccc2F)CC1.Cl. The van der Waals surface area contributed by atoms with Crippen molar-refractivity contribution in [3.8, 4) is 0 Å². The van der Waals surface area contributed by atoms with E-state index in [1.54, 1.807) is 17.0 Å². The Morgan fingerprint density at radius 3 is 2.48 bits per heavy atom. The summed E-state index contributed by atoms with van der Waals surface area (Å²) in [5, 5.41) is 2.97. The first kappa shape index (κ1) is 21.4. The third-order valence-corrected chi connectivity index (χ3v) is 4.79. The van der Waals surface area contributed by atoms with Gasteiger partial charge in [-0.3, -0.25) is 9.59 Å². The van der Waals surface area contributed by atoms with Gasteiger partial charge in [0.15, 0.2) is 0 Å². The fourth-order valence-electron chi connectivity index (χ4n) is 2.84. The molecule has 0 radical (unpaired) electrons. The van der Waals surface area contributed by atoms with Crippen molar-refractivity contribution in [3.63, 3.8) is 0 Å². The van der Waals surface area contributed by atoms with Crippen LogP contribution in [0.25, 0.3) is 0 Å². The summed E-state index contributed by atoms with van der Waals surface area (Å²) >= 11 is 0. The van der Waals surface area contributed by atoms with Crippen molar-refractivity contribution in [1.29, 1.82) is 0 Å². The van der Waals surface area contributed by atoms with Gasteiger partial charge in [-0.25, -0.2) is 4.39 Å². The smallest absolute Gasteiger partial charge is 0.256 e. The number of amides is 2. The summed E-state index contributed by atoms with van der Waals surface area (Å²) < 4.78 is 13.7. The Balaban J connectivity index is 0.00000312. The topological polar surface area (TPSA) is 75.4 Å². The zero-order chi connectivity index (χ0) is 17.7. The van der Waals surface area contributed by atoms with Crippen molar-refractivity contribution in [2.45, 2.75) is 45.2 Å². The van der Waals surface area contributed by atoms with Crippen LogP contribution in [0.2, 0.25) is 0 Å². The number of hydrogen-bond donors (Lipinski definition) is 2. The molecule has 0 aromatic heterocycles. The van der Waals surface area contributed by atoms with Crippen LogP contribution in [0.4, 0.5) is 4.39 Å². The molecule has 2 amide bonds. The van der Waals surface area contributed by atoms with Gasteiger partial charge in [0, 0.05) is 19.1 Å². The lowest BCUT2D eigenvalue weighted by atomic mass is 9.98. The fraction of sp³-hybridized carbons (Fsp3) is 0.556. The number of hydrogen-bond acceptors (Lipinski definition) is 3. The summed E-state index contributed by atoms with van der Waals surface area (Å²) in [6, 6.07) is 5.51. The maximum atomic E-state index is 13.7. The van der Waals surface area contributed by atoms with Gasteiger partial charge in [-0.15, -0.1) is 12.4 Å². The average Bonchev–Trinajstić information content (AvgIpc) is 2.60. The molecule has 3 N–H and O–H groups in total. The Kier molecular flexibility index (Phi) is 8.32. The highest BCUT2D eigenvalue weighted by Crippen LogP contribution is 2.16. The van der Waals surface area contributed by atoms with E-state index in [0.29, 0.717) is 25.9 Å². The molecule has 5 nitrogen and oxygen atoms in total. The van der Waals surface area contributed by atoms with Crippen LogP contribution >= 0.6 is 12.4 Å². The van der Waals surface area contributed by atoms with E-state index in [1.807, 2.05) is 13.8 Å². The molecule has 1 fully saturated rings. The molecule has 2 unspecified atom stereocenters. The van der Waals surface area contributed by atoms with Crippen molar-refractivity contribution < 1.29 is 14.0 Å². The van der Waals surface area contributed by atoms with E-state index in [9.17, 15) is 14.0 Å². The van der Waals surface area contributed by atoms with E-state index in [1.165, 1.54) is 12.1 Å². The van der Waals surface area contributed by atoms with E-state index >= 15 is 0 Å². The van der Waals surface area contributed by atoms with Crippen molar-refractivity contribution in [2.75, 3.05) is 13.1 Å². The van der Waals surface area contributed by atoms with Crippen molar-refractivity contribution in [1.82, 2.24) is 10.2 Å². The molecule has 1 aromatic carbocycles. The van der Waals surface area contributed by atoms with Gasteiger partial charge in [0.2, 0.25) is 5.91 Å². The predicted octanol–water partition coefficient (Wildman–Crippen LogP) is 2.34. The third-order valence-electron chi connectivity index (χ3n) is 4.79. The van der Waals surface area contributed by atoms with Crippen LogP contribution in [-0.2, 0) is 4.79 Å². The molecule has 1 heterocycles. The first-order valence-electron chi connectivity index (χ1n) is 8.53. The fourth-order valence-corrected chi connectivity index (χ4v) is 2.84. The van der Waals surface area contributed by atoms with Crippen molar-refractivity contribution in [2.24, 2.45) is 11.7 Å². The van der Waals surface area contributed by atoms with Gasteiger partial charge in [-0.1, -0.05) is 32.4 Å². The number of halogens is 2. The van der Waals surface area contributed by atoms with Gasteiger partial charge >= 0.3 is 0 Å². The maximum Gasteiger partial charge on any atom is 0.256 e. The van der Waals surface area contributed by atoms with Gasteiger partial charge in [-0.2, -0.15) is 0 Å². The second kappa shape index (κ2) is 9.73. The van der Waals surface area contributed by atoms with Crippen LogP contribution in [-0.4, -0.2) is 41.9 Å². The second-order valence-electron chi connectivity index (χ2n) is 6.47. The molecule has 25 heavy (non-hydrogen) atoms. The lowest BCUT2D eigenvalue weighted by Gasteiger charge is -2.33. The number of nitrogens with two attached hydrogens (primary N) is 1. The maximum absolute atomic E-state index is 13.7. The summed E-state index contributed by atoms with van der Waals surface area (Å²) in [5.41, 5.74) is 6.03. The Labute approximate surface area is 154 Å². The number of likely N-dealkylation sites (tertiary alicyclic amines) is 1. The zero-order valence-electron chi connectivity index (χ0n) is 14.7. The Bertz CT molecular complexity index is 591. The van der Waals surface area contributed by atoms with E-state index < -0.39 is 11.9 Å². The van der Waals surface area contributed by atoms with Gasteiger partial charge in [0.25, 0.3) is 5.91 Å². The van der Waals surface area contributed by atoms with Crippen molar-refractivity contribution >= 4 is 24.2 Å². The minimum absolute atomic E-state index is 0. The molecule has 7 heteroatoms. The van der Waals surface area contributed by atoms with Crippen LogP contribution in [0.15, 0.2) is 24.3 Å². The Hall–Kier alpha value is -1.66. The molecule has 140 valence electrons. The van der Waals surface area contributed by atoms with E-state index in [2.05, 4.69) is 5.32 Å². The summed E-state index contributed by atoms with van der Waals surface area (Å²) in [4.78, 5) is 26.1. The molecule has 2 rings (SSSR count). The van der Waals surface area contributed by atoms with E-state index in [-0.39, 0.29) is 41.7 Å². The van der Waals surface area contributed by atoms with Crippen LogP contribution in [0.5, 0.6) is 0 Å². The largest absolute Gasteiger partial charge is 0.352 e. The molecule has 0 aliphatic carbocycles. The minimum atomic E-state index is -0.506. The highest BCUT2D eigenvalue weighted by Gasteiger charge is 2.28. The Morgan fingerprint density at radius 2 is 1.92 bits per heavy atom. The van der Waals surface area contributed by atoms with Crippen molar-refractivity contribution in [3.05, 3.63) is 35.6 Å². The molecule has 1 saturated heterocycles. The highest BCUT2D eigenvalue weighted by molar-refractivity contribution is 5.94. The third kappa shape index (κ3) is 5.41. The number of piperidine rings is 1. The number of carbonyl (C=O) groups excluding carboxylic acids is 2.